The van der Waals surface area contributed by atoms with E-state index in [-0.39, 0.29) is 21.9 Å². The van der Waals surface area contributed by atoms with E-state index in [1.807, 2.05) is 11.9 Å². The highest BCUT2D eigenvalue weighted by Gasteiger charge is 2.32. The van der Waals surface area contributed by atoms with Crippen molar-refractivity contribution in [2.24, 2.45) is 0 Å². The van der Waals surface area contributed by atoms with Crippen LogP contribution in [-0.4, -0.2) is 71.8 Å². The van der Waals surface area contributed by atoms with Crippen LogP contribution in [0.4, 0.5) is 28.9 Å². The molecule has 6 nitrogen and oxygen atoms in total. The number of nitrogens with one attached hydrogen (secondary N) is 2. The summed E-state index contributed by atoms with van der Waals surface area (Å²) in [5.74, 6) is 6.04. The van der Waals surface area contributed by atoms with Crippen LogP contribution in [0.15, 0.2) is 41.3 Å². The van der Waals surface area contributed by atoms with Gasteiger partial charge in [0.15, 0.2) is 9.84 Å². The smallest absolute Gasteiger partial charge is 0.393 e. The summed E-state index contributed by atoms with van der Waals surface area (Å²) in [5, 5.41) is 6.69. The van der Waals surface area contributed by atoms with E-state index in [1.54, 1.807) is 24.3 Å². The van der Waals surface area contributed by atoms with Crippen LogP contribution < -0.4 is 15.4 Å². The molecule has 2 aromatic carbocycles. The molecule has 0 spiro atoms. The molecule has 210 valence electrons. The number of piperidine rings is 1. The van der Waals surface area contributed by atoms with E-state index in [2.05, 4.69) is 22.5 Å². The van der Waals surface area contributed by atoms with Crippen molar-refractivity contribution in [1.82, 2.24) is 4.90 Å². The first-order valence-corrected chi connectivity index (χ1v) is 14.9. The summed E-state index contributed by atoms with van der Waals surface area (Å²) in [6, 6.07) is 9.00. The van der Waals surface area contributed by atoms with Gasteiger partial charge in [-0.2, -0.15) is 13.2 Å². The highest BCUT2D eigenvalue weighted by atomic mass is 32.2. The number of hydrogen-bond acceptors (Lipinski definition) is 7. The van der Waals surface area contributed by atoms with Crippen molar-refractivity contribution in [3.63, 3.8) is 0 Å². The van der Waals surface area contributed by atoms with Gasteiger partial charge < -0.3 is 20.3 Å². The second-order valence-electron chi connectivity index (χ2n) is 9.49. The van der Waals surface area contributed by atoms with Crippen LogP contribution >= 0.6 is 11.3 Å². The van der Waals surface area contributed by atoms with Crippen molar-refractivity contribution in [2.45, 2.75) is 36.1 Å². The molecule has 1 saturated heterocycles. The molecular weight excluding hydrogens is 554 g/mol. The van der Waals surface area contributed by atoms with Gasteiger partial charge in [0.1, 0.15) is 11.9 Å². The van der Waals surface area contributed by atoms with E-state index < -0.39 is 34.6 Å². The molecule has 39 heavy (non-hydrogen) atoms. The van der Waals surface area contributed by atoms with Crippen LogP contribution in [0.1, 0.15) is 16.9 Å². The molecule has 12 heteroatoms. The van der Waals surface area contributed by atoms with Crippen molar-refractivity contribution < 1.29 is 30.7 Å². The van der Waals surface area contributed by atoms with Crippen molar-refractivity contribution in [1.29, 1.82) is 0 Å². The van der Waals surface area contributed by atoms with Crippen LogP contribution in [0.25, 0.3) is 10.1 Å². The number of hydrogen-bond donors (Lipinski definition) is 2. The fraction of sp³-hybridized carbons (Fsp3) is 0.407. The number of halogens is 4. The number of rotatable bonds is 7. The summed E-state index contributed by atoms with van der Waals surface area (Å²) in [6.45, 7) is 1.10. The lowest BCUT2D eigenvalue weighted by molar-refractivity contribution is -0.126. The molecule has 0 amide bonds. The Morgan fingerprint density at radius 1 is 1.21 bits per heavy atom. The number of ether oxygens (including phenoxy) is 1. The third-order valence-electron chi connectivity index (χ3n) is 6.45. The number of benzene rings is 2. The second-order valence-corrected chi connectivity index (χ2v) is 12.5. The molecule has 3 aromatic rings. The number of nitrogens with zero attached hydrogens (tertiary/aromatic N) is 1. The van der Waals surface area contributed by atoms with Gasteiger partial charge in [0.25, 0.3) is 0 Å². The lowest BCUT2D eigenvalue weighted by atomic mass is 10.0. The Kier molecular flexibility index (Phi) is 8.63. The normalized spacial score (nSPS) is 18.4. The highest BCUT2D eigenvalue weighted by molar-refractivity contribution is 7.90. The number of alkyl halides is 4. The van der Waals surface area contributed by atoms with E-state index in [0.29, 0.717) is 40.2 Å². The molecule has 2 unspecified atom stereocenters. The molecule has 4 rings (SSSR count). The highest BCUT2D eigenvalue weighted by Crippen LogP contribution is 2.39. The van der Waals surface area contributed by atoms with Crippen molar-refractivity contribution in [3.8, 4) is 17.6 Å². The van der Waals surface area contributed by atoms with Crippen molar-refractivity contribution >= 4 is 42.6 Å². The van der Waals surface area contributed by atoms with E-state index in [0.717, 1.165) is 24.1 Å². The number of likely N-dealkylation sites (tertiary alicyclic amines) is 1. The second kappa shape index (κ2) is 11.6. The summed E-state index contributed by atoms with van der Waals surface area (Å²) >= 11 is 1.15. The molecule has 2 atom stereocenters. The largest absolute Gasteiger partial charge is 0.495 e. The van der Waals surface area contributed by atoms with Gasteiger partial charge in [0.2, 0.25) is 0 Å². The molecule has 0 radical (unpaired) electrons. The standard InChI is InChI=1S/C27H29F4N3O3S2/c1-34-13-11-21(20(28)16-34)33-23-7-4-6-18-19(15-27(29,30)31)25(38-26(18)23)8-5-12-32-22-10-9-17(39(3,35)36)14-24(22)37-2/h4,6-7,9-10,14,20-21,32-33H,11-13,15-16H2,1-3H3. The molecule has 2 N–H and O–H groups in total. The lowest BCUT2D eigenvalue weighted by Crippen LogP contribution is -2.46. The number of methoxy groups -OCH3 is 1. The Morgan fingerprint density at radius 3 is 2.64 bits per heavy atom. The van der Waals surface area contributed by atoms with E-state index in [1.165, 1.54) is 19.2 Å². The average Bonchev–Trinajstić information content (AvgIpc) is 3.19. The average molecular weight is 584 g/mol. The molecule has 1 aliphatic rings. The van der Waals surface area contributed by atoms with E-state index in [9.17, 15) is 26.0 Å². The Balaban J connectivity index is 1.61. The van der Waals surface area contributed by atoms with E-state index in [4.69, 9.17) is 4.74 Å². The quantitative estimate of drug-likeness (QED) is 0.289. The minimum Gasteiger partial charge on any atom is -0.495 e. The van der Waals surface area contributed by atoms with Gasteiger partial charge >= 0.3 is 6.18 Å². The minimum absolute atomic E-state index is 0.0819. The lowest BCUT2D eigenvalue weighted by Gasteiger charge is -2.33. The summed E-state index contributed by atoms with van der Waals surface area (Å²) < 4.78 is 84.7. The van der Waals surface area contributed by atoms with Crippen LogP contribution in [0, 0.1) is 11.8 Å². The van der Waals surface area contributed by atoms with Gasteiger partial charge in [0.05, 0.1) is 52.0 Å². The van der Waals surface area contributed by atoms with Crippen molar-refractivity contribution in [3.05, 3.63) is 46.8 Å². The summed E-state index contributed by atoms with van der Waals surface area (Å²) in [5.41, 5.74) is 1.19. The molecule has 1 aliphatic heterocycles. The van der Waals surface area contributed by atoms with Gasteiger partial charge in [0, 0.05) is 25.4 Å². The predicted molar refractivity (Wildman–Crippen MR) is 147 cm³/mol. The summed E-state index contributed by atoms with van der Waals surface area (Å²) in [4.78, 5) is 2.30. The Morgan fingerprint density at radius 2 is 1.97 bits per heavy atom. The minimum atomic E-state index is -4.43. The van der Waals surface area contributed by atoms with Gasteiger partial charge in [-0.1, -0.05) is 24.0 Å². The molecule has 0 saturated carbocycles. The molecule has 2 heterocycles. The molecule has 0 aliphatic carbocycles. The predicted octanol–water partition coefficient (Wildman–Crippen LogP) is 5.34. The monoisotopic (exact) mass is 583 g/mol. The number of thiophene rings is 1. The summed E-state index contributed by atoms with van der Waals surface area (Å²) in [6.07, 6.45) is -4.98. The van der Waals surface area contributed by atoms with Gasteiger partial charge in [-0.15, -0.1) is 11.3 Å². The summed E-state index contributed by atoms with van der Waals surface area (Å²) in [7, 11) is -0.161. The Labute approximate surface area is 229 Å². The zero-order valence-corrected chi connectivity index (χ0v) is 23.3. The maximum absolute atomic E-state index is 14.7. The number of fused-ring (bicyclic) bond motifs is 1. The maximum Gasteiger partial charge on any atom is 0.393 e. The molecule has 0 bridgehead atoms. The molecular formula is C27H29F4N3O3S2. The first-order valence-electron chi connectivity index (χ1n) is 12.2. The van der Waals surface area contributed by atoms with Gasteiger partial charge in [-0.3, -0.25) is 0 Å². The maximum atomic E-state index is 14.7. The van der Waals surface area contributed by atoms with Gasteiger partial charge in [-0.25, -0.2) is 12.8 Å². The topological polar surface area (TPSA) is 70.7 Å². The fourth-order valence-electron chi connectivity index (χ4n) is 4.49. The third-order valence-corrected chi connectivity index (χ3v) is 8.76. The Bertz CT molecular complexity index is 1510. The number of anilines is 2. The zero-order chi connectivity index (χ0) is 28.4. The van der Waals surface area contributed by atoms with Crippen LogP contribution in [-0.2, 0) is 16.3 Å². The first kappa shape index (κ1) is 29.0. The van der Waals surface area contributed by atoms with E-state index >= 15 is 0 Å². The SMILES string of the molecule is COc1cc(S(C)(=O)=O)ccc1NCC#Cc1sc2c(NC3CCN(C)CC3F)cccc2c1CC(F)(F)F. The van der Waals surface area contributed by atoms with Gasteiger partial charge in [-0.05, 0) is 42.6 Å². The number of sulfone groups is 1. The fourth-order valence-corrected chi connectivity index (χ4v) is 6.30. The van der Waals surface area contributed by atoms with Crippen molar-refractivity contribution in [2.75, 3.05) is 50.7 Å². The van der Waals surface area contributed by atoms with Crippen LogP contribution in [0.3, 0.4) is 0 Å². The first-order chi connectivity index (χ1) is 18.4. The van der Waals surface area contributed by atoms with Crippen LogP contribution in [0.2, 0.25) is 0 Å². The van der Waals surface area contributed by atoms with Crippen LogP contribution in [0.5, 0.6) is 5.75 Å². The molecule has 1 fully saturated rings. The zero-order valence-electron chi connectivity index (χ0n) is 21.7. The molecule has 1 aromatic heterocycles. The third kappa shape index (κ3) is 7.15. The Hall–Kier alpha value is -3.01.